The van der Waals surface area contributed by atoms with Crippen molar-refractivity contribution in [3.8, 4) is 0 Å². The lowest BCUT2D eigenvalue weighted by atomic mass is 9.76. The Balaban J connectivity index is 1.51. The molecule has 0 amide bonds. The van der Waals surface area contributed by atoms with Crippen molar-refractivity contribution < 1.29 is 9.15 Å². The van der Waals surface area contributed by atoms with Crippen LogP contribution in [0.1, 0.15) is 45.1 Å². The van der Waals surface area contributed by atoms with E-state index in [1.54, 1.807) is 12.5 Å². The van der Waals surface area contributed by atoms with Crippen molar-refractivity contribution >= 4 is 0 Å². The summed E-state index contributed by atoms with van der Waals surface area (Å²) in [5.74, 6) is 0. The minimum absolute atomic E-state index is 0.480. The molecule has 1 aromatic rings. The van der Waals surface area contributed by atoms with Crippen LogP contribution in [0.5, 0.6) is 0 Å². The zero-order valence-corrected chi connectivity index (χ0v) is 11.6. The molecule has 0 radical (unpaired) electrons. The minimum atomic E-state index is 0.480. The molecule has 0 unspecified atom stereocenters. The Morgan fingerprint density at radius 2 is 2.17 bits per heavy atom. The van der Waals surface area contributed by atoms with Crippen LogP contribution in [0.4, 0.5) is 0 Å². The van der Waals surface area contributed by atoms with Gasteiger partial charge in [0.25, 0.3) is 0 Å². The maximum Gasteiger partial charge on any atom is 0.0947 e. The van der Waals surface area contributed by atoms with Crippen LogP contribution >= 0.6 is 0 Å². The zero-order chi connectivity index (χ0) is 12.8. The van der Waals surface area contributed by atoms with Crippen molar-refractivity contribution in [2.45, 2.75) is 52.2 Å². The zero-order valence-electron chi connectivity index (χ0n) is 11.6. The van der Waals surface area contributed by atoms with Gasteiger partial charge in [-0.1, -0.05) is 13.8 Å². The third-order valence-corrected chi connectivity index (χ3v) is 3.83. The molecule has 0 aliphatic heterocycles. The van der Waals surface area contributed by atoms with Crippen molar-refractivity contribution in [1.29, 1.82) is 0 Å². The van der Waals surface area contributed by atoms with E-state index in [1.807, 2.05) is 6.07 Å². The first-order valence-corrected chi connectivity index (χ1v) is 6.99. The van der Waals surface area contributed by atoms with E-state index in [9.17, 15) is 0 Å². The number of hydrogen-bond donors (Lipinski definition) is 1. The molecule has 1 aliphatic carbocycles. The fraction of sp³-hybridized carbons (Fsp3) is 0.733. The first-order valence-electron chi connectivity index (χ1n) is 6.99. The van der Waals surface area contributed by atoms with Gasteiger partial charge in [0, 0.05) is 18.7 Å². The standard InChI is InChI=1S/C15H25NO2/c1-15(2)6-3-14(4-7-15)18-10-8-16-11-13-5-9-17-12-13/h5,9,12,14,16H,3-4,6-8,10-11H2,1-2H3. The fourth-order valence-corrected chi connectivity index (χ4v) is 2.46. The van der Waals surface area contributed by atoms with Gasteiger partial charge in [-0.05, 0) is 37.2 Å². The predicted octanol–water partition coefficient (Wildman–Crippen LogP) is 3.35. The number of hydrogen-bond acceptors (Lipinski definition) is 3. The molecule has 102 valence electrons. The molecule has 0 atom stereocenters. The number of furan rings is 1. The predicted molar refractivity (Wildman–Crippen MR) is 72.4 cm³/mol. The molecule has 1 heterocycles. The summed E-state index contributed by atoms with van der Waals surface area (Å²) in [6, 6.07) is 1.98. The molecule has 0 bridgehead atoms. The molecular formula is C15H25NO2. The summed E-state index contributed by atoms with van der Waals surface area (Å²) in [4.78, 5) is 0. The molecular weight excluding hydrogens is 226 g/mol. The van der Waals surface area contributed by atoms with Crippen molar-refractivity contribution in [2.24, 2.45) is 5.41 Å². The maximum atomic E-state index is 5.91. The summed E-state index contributed by atoms with van der Waals surface area (Å²) in [6.45, 7) is 7.29. The Morgan fingerprint density at radius 1 is 1.39 bits per heavy atom. The molecule has 1 N–H and O–H groups in total. The van der Waals surface area contributed by atoms with E-state index < -0.39 is 0 Å². The van der Waals surface area contributed by atoms with Crippen molar-refractivity contribution in [1.82, 2.24) is 5.32 Å². The second-order valence-electron chi connectivity index (χ2n) is 6.04. The summed E-state index contributed by atoms with van der Waals surface area (Å²) in [6.07, 6.45) is 8.98. The number of ether oxygens (including phenoxy) is 1. The first kappa shape index (κ1) is 13.6. The average Bonchev–Trinajstić information content (AvgIpc) is 2.84. The minimum Gasteiger partial charge on any atom is -0.472 e. The maximum absolute atomic E-state index is 5.91. The Kier molecular flexibility index (Phi) is 4.84. The van der Waals surface area contributed by atoms with Gasteiger partial charge in [-0.2, -0.15) is 0 Å². The number of nitrogens with one attached hydrogen (secondary N) is 1. The second kappa shape index (κ2) is 6.39. The van der Waals surface area contributed by atoms with Gasteiger partial charge < -0.3 is 14.5 Å². The van der Waals surface area contributed by atoms with Crippen LogP contribution < -0.4 is 5.32 Å². The molecule has 1 aliphatic rings. The van der Waals surface area contributed by atoms with E-state index in [0.29, 0.717) is 11.5 Å². The highest BCUT2D eigenvalue weighted by Gasteiger charge is 2.26. The summed E-state index contributed by atoms with van der Waals surface area (Å²) >= 11 is 0. The van der Waals surface area contributed by atoms with E-state index in [0.717, 1.165) is 19.7 Å². The second-order valence-corrected chi connectivity index (χ2v) is 6.04. The molecule has 3 heteroatoms. The van der Waals surface area contributed by atoms with E-state index in [4.69, 9.17) is 9.15 Å². The molecule has 0 spiro atoms. The normalized spacial score (nSPS) is 20.1. The van der Waals surface area contributed by atoms with Crippen molar-refractivity contribution in [2.75, 3.05) is 13.2 Å². The lowest BCUT2D eigenvalue weighted by Gasteiger charge is -2.34. The van der Waals surface area contributed by atoms with Crippen LogP contribution in [0.25, 0.3) is 0 Å². The summed E-state index contributed by atoms with van der Waals surface area (Å²) < 4.78 is 10.9. The summed E-state index contributed by atoms with van der Waals surface area (Å²) in [5.41, 5.74) is 1.72. The molecule has 18 heavy (non-hydrogen) atoms. The lowest BCUT2D eigenvalue weighted by molar-refractivity contribution is 0.00594. The molecule has 1 aromatic heterocycles. The smallest absolute Gasteiger partial charge is 0.0947 e. The lowest BCUT2D eigenvalue weighted by Crippen LogP contribution is -2.29. The topological polar surface area (TPSA) is 34.4 Å². The highest BCUT2D eigenvalue weighted by atomic mass is 16.5. The van der Waals surface area contributed by atoms with Gasteiger partial charge in [0.05, 0.1) is 25.2 Å². The van der Waals surface area contributed by atoms with Gasteiger partial charge in [0.15, 0.2) is 0 Å². The Morgan fingerprint density at radius 3 is 2.83 bits per heavy atom. The third-order valence-electron chi connectivity index (χ3n) is 3.83. The Hall–Kier alpha value is -0.800. The van der Waals surface area contributed by atoms with Gasteiger partial charge in [-0.25, -0.2) is 0 Å². The number of rotatable bonds is 6. The van der Waals surface area contributed by atoms with Gasteiger partial charge in [0.2, 0.25) is 0 Å². The van der Waals surface area contributed by atoms with Gasteiger partial charge in [-0.3, -0.25) is 0 Å². The molecule has 1 saturated carbocycles. The van der Waals surface area contributed by atoms with E-state index in [-0.39, 0.29) is 0 Å². The van der Waals surface area contributed by atoms with Crippen LogP contribution in [0.15, 0.2) is 23.0 Å². The van der Waals surface area contributed by atoms with Gasteiger partial charge >= 0.3 is 0 Å². The summed E-state index contributed by atoms with van der Waals surface area (Å²) in [5, 5.41) is 3.36. The van der Waals surface area contributed by atoms with E-state index >= 15 is 0 Å². The average molecular weight is 251 g/mol. The molecule has 1 fully saturated rings. The monoisotopic (exact) mass is 251 g/mol. The van der Waals surface area contributed by atoms with E-state index in [1.165, 1.54) is 31.2 Å². The van der Waals surface area contributed by atoms with Crippen LogP contribution in [-0.4, -0.2) is 19.3 Å². The molecule has 2 rings (SSSR count). The highest BCUT2D eigenvalue weighted by Crippen LogP contribution is 2.35. The first-order chi connectivity index (χ1) is 8.66. The molecule has 0 aromatic carbocycles. The molecule has 0 saturated heterocycles. The third kappa shape index (κ3) is 4.46. The Bertz CT molecular complexity index is 322. The van der Waals surface area contributed by atoms with Crippen molar-refractivity contribution in [3.63, 3.8) is 0 Å². The van der Waals surface area contributed by atoms with E-state index in [2.05, 4.69) is 19.2 Å². The van der Waals surface area contributed by atoms with Crippen LogP contribution in [0.3, 0.4) is 0 Å². The largest absolute Gasteiger partial charge is 0.472 e. The van der Waals surface area contributed by atoms with Gasteiger partial charge in [-0.15, -0.1) is 0 Å². The van der Waals surface area contributed by atoms with Crippen LogP contribution in [-0.2, 0) is 11.3 Å². The van der Waals surface area contributed by atoms with Crippen molar-refractivity contribution in [3.05, 3.63) is 24.2 Å². The fourth-order valence-electron chi connectivity index (χ4n) is 2.46. The SMILES string of the molecule is CC1(C)CCC(OCCNCc2ccoc2)CC1. The molecule has 3 nitrogen and oxygen atoms in total. The van der Waals surface area contributed by atoms with Gasteiger partial charge in [0.1, 0.15) is 0 Å². The summed E-state index contributed by atoms with van der Waals surface area (Å²) in [7, 11) is 0. The quantitative estimate of drug-likeness (QED) is 0.787. The highest BCUT2D eigenvalue weighted by molar-refractivity contribution is 5.04. The van der Waals surface area contributed by atoms with Crippen LogP contribution in [0, 0.1) is 5.41 Å². The Labute approximate surface area is 110 Å². The van der Waals surface area contributed by atoms with Crippen LogP contribution in [0.2, 0.25) is 0 Å².